The molecule has 8 nitrogen and oxygen atoms in total. The summed E-state index contributed by atoms with van der Waals surface area (Å²) in [6.45, 7) is 4.95. The van der Waals surface area contributed by atoms with Gasteiger partial charge in [-0.3, -0.25) is 9.69 Å². The van der Waals surface area contributed by atoms with Gasteiger partial charge in [-0.25, -0.2) is 0 Å². The van der Waals surface area contributed by atoms with Crippen molar-refractivity contribution in [2.75, 3.05) is 50.9 Å². The first kappa shape index (κ1) is 18.1. The fraction of sp³-hybridized carbons (Fsp3) is 0.444. The van der Waals surface area contributed by atoms with Crippen LogP contribution in [0.1, 0.15) is 29.1 Å². The van der Waals surface area contributed by atoms with Crippen molar-refractivity contribution in [3.05, 3.63) is 41.7 Å². The molecule has 1 aromatic carbocycles. The highest BCUT2D eigenvalue weighted by molar-refractivity contribution is 5.94. The second-order valence-electron chi connectivity index (χ2n) is 6.62. The molecule has 1 aromatic heterocycles. The number of anilines is 2. The van der Waals surface area contributed by atoms with Crippen LogP contribution in [0.25, 0.3) is 0 Å². The van der Waals surface area contributed by atoms with Gasteiger partial charge in [-0.2, -0.15) is 15.0 Å². The second kappa shape index (κ2) is 7.65. The molecule has 1 saturated heterocycles. The Morgan fingerprint density at radius 2 is 1.73 bits per heavy atom. The highest BCUT2D eigenvalue weighted by atomic mass is 16.2. The van der Waals surface area contributed by atoms with Gasteiger partial charge < -0.3 is 15.5 Å². The van der Waals surface area contributed by atoms with Crippen LogP contribution in [0, 0.1) is 0 Å². The predicted octanol–water partition coefficient (Wildman–Crippen LogP) is 1.04. The summed E-state index contributed by atoms with van der Waals surface area (Å²) in [5, 5.41) is 0. The lowest BCUT2D eigenvalue weighted by molar-refractivity contribution is 0.0575. The van der Waals surface area contributed by atoms with Crippen LogP contribution in [0.4, 0.5) is 11.9 Å². The zero-order valence-electron chi connectivity index (χ0n) is 15.5. The molecule has 2 N–H and O–H groups in total. The maximum Gasteiger partial charge on any atom is 0.253 e. The van der Waals surface area contributed by atoms with E-state index in [0.29, 0.717) is 24.9 Å². The summed E-state index contributed by atoms with van der Waals surface area (Å²) in [4.78, 5) is 31.5. The Bertz CT molecular complexity index is 757. The number of carbonyl (C=O) groups excluding carboxylic acids is 1. The molecule has 0 aliphatic carbocycles. The Hall–Kier alpha value is -2.74. The number of piperazine rings is 1. The van der Waals surface area contributed by atoms with Crippen molar-refractivity contribution in [3.8, 4) is 0 Å². The predicted molar refractivity (Wildman–Crippen MR) is 101 cm³/mol. The van der Waals surface area contributed by atoms with E-state index in [4.69, 9.17) is 5.73 Å². The smallest absolute Gasteiger partial charge is 0.253 e. The highest BCUT2D eigenvalue weighted by Gasteiger charge is 2.27. The van der Waals surface area contributed by atoms with Crippen molar-refractivity contribution in [1.29, 1.82) is 0 Å². The molecule has 1 aliphatic rings. The lowest BCUT2D eigenvalue weighted by Crippen LogP contribution is -2.49. The van der Waals surface area contributed by atoms with Crippen LogP contribution in [0.15, 0.2) is 30.3 Å². The molecule has 1 fully saturated rings. The molecular weight excluding hydrogens is 330 g/mol. The van der Waals surface area contributed by atoms with Crippen LogP contribution in [-0.2, 0) is 0 Å². The van der Waals surface area contributed by atoms with Gasteiger partial charge in [0.2, 0.25) is 11.9 Å². The summed E-state index contributed by atoms with van der Waals surface area (Å²) in [5.41, 5.74) is 6.56. The van der Waals surface area contributed by atoms with Crippen LogP contribution in [-0.4, -0.2) is 70.9 Å². The van der Waals surface area contributed by atoms with Gasteiger partial charge in [0.15, 0.2) is 5.82 Å². The molecule has 2 aromatic rings. The Morgan fingerprint density at radius 3 is 2.35 bits per heavy atom. The Morgan fingerprint density at radius 1 is 1.08 bits per heavy atom. The van der Waals surface area contributed by atoms with Gasteiger partial charge in [0.25, 0.3) is 5.91 Å². The summed E-state index contributed by atoms with van der Waals surface area (Å²) in [5.74, 6) is 1.52. The highest BCUT2D eigenvalue weighted by Crippen LogP contribution is 2.21. The molecule has 8 heteroatoms. The van der Waals surface area contributed by atoms with E-state index in [1.807, 2.05) is 54.2 Å². The third-order valence-corrected chi connectivity index (χ3v) is 4.60. The monoisotopic (exact) mass is 355 g/mol. The molecular formula is C18H25N7O. The first-order valence-electron chi connectivity index (χ1n) is 8.73. The van der Waals surface area contributed by atoms with Crippen molar-refractivity contribution in [3.63, 3.8) is 0 Å². The van der Waals surface area contributed by atoms with E-state index < -0.39 is 0 Å². The molecule has 0 radical (unpaired) electrons. The van der Waals surface area contributed by atoms with Crippen LogP contribution >= 0.6 is 0 Å². The number of amides is 1. The number of hydrogen-bond donors (Lipinski definition) is 1. The largest absolute Gasteiger partial charge is 0.368 e. The molecule has 3 rings (SSSR count). The van der Waals surface area contributed by atoms with Crippen LogP contribution < -0.4 is 10.6 Å². The first-order valence-corrected chi connectivity index (χ1v) is 8.73. The maximum atomic E-state index is 12.6. The van der Waals surface area contributed by atoms with Crippen molar-refractivity contribution >= 4 is 17.8 Å². The topological polar surface area (TPSA) is 91.5 Å². The SMILES string of the molecule is C[C@@H](c1nc(N)nc(N(C)C)n1)N1CCN(C(=O)c2ccccc2)CC1. The van der Waals surface area contributed by atoms with E-state index in [2.05, 4.69) is 26.8 Å². The minimum atomic E-state index is 0.00739. The standard InChI is InChI=1S/C18H25N7O/c1-13(15-20-17(19)22-18(21-15)23(2)3)24-9-11-25(12-10-24)16(26)14-7-5-4-6-8-14/h4-8,13H,9-12H2,1-3H3,(H2,19,20,21,22)/t13-/m0/s1. The average Bonchev–Trinajstić information content (AvgIpc) is 2.67. The molecule has 138 valence electrons. The zero-order chi connectivity index (χ0) is 18.7. The van der Waals surface area contributed by atoms with Crippen molar-refractivity contribution in [2.24, 2.45) is 0 Å². The average molecular weight is 355 g/mol. The normalized spacial score (nSPS) is 16.3. The van der Waals surface area contributed by atoms with Crippen LogP contribution in [0.5, 0.6) is 0 Å². The fourth-order valence-corrected chi connectivity index (χ4v) is 3.02. The van der Waals surface area contributed by atoms with Gasteiger partial charge in [-0.15, -0.1) is 0 Å². The van der Waals surface area contributed by atoms with Crippen molar-refractivity contribution in [2.45, 2.75) is 13.0 Å². The number of aromatic nitrogens is 3. The molecule has 1 atom stereocenters. The van der Waals surface area contributed by atoms with E-state index in [9.17, 15) is 4.79 Å². The van der Waals surface area contributed by atoms with Gasteiger partial charge >= 0.3 is 0 Å². The molecule has 0 bridgehead atoms. The van der Waals surface area contributed by atoms with Crippen LogP contribution in [0.2, 0.25) is 0 Å². The second-order valence-corrected chi connectivity index (χ2v) is 6.62. The first-order chi connectivity index (χ1) is 12.5. The third kappa shape index (κ3) is 3.91. The Labute approximate surface area is 153 Å². The summed E-state index contributed by atoms with van der Waals surface area (Å²) in [6.07, 6.45) is 0. The number of nitrogen functional groups attached to an aromatic ring is 1. The zero-order valence-corrected chi connectivity index (χ0v) is 15.5. The number of rotatable bonds is 4. The Kier molecular flexibility index (Phi) is 5.32. The number of benzene rings is 1. The van der Waals surface area contributed by atoms with Gasteiger partial charge in [-0.1, -0.05) is 18.2 Å². The number of nitrogens with zero attached hydrogens (tertiary/aromatic N) is 6. The molecule has 0 unspecified atom stereocenters. The van der Waals surface area contributed by atoms with E-state index in [-0.39, 0.29) is 17.9 Å². The third-order valence-electron chi connectivity index (χ3n) is 4.60. The number of nitrogens with two attached hydrogens (primary N) is 1. The quantitative estimate of drug-likeness (QED) is 0.876. The molecule has 1 amide bonds. The lowest BCUT2D eigenvalue weighted by atomic mass is 10.1. The van der Waals surface area contributed by atoms with Gasteiger partial charge in [0.05, 0.1) is 6.04 Å². The maximum absolute atomic E-state index is 12.6. The minimum Gasteiger partial charge on any atom is -0.368 e. The van der Waals surface area contributed by atoms with E-state index in [0.717, 1.165) is 18.7 Å². The molecule has 2 heterocycles. The number of hydrogen-bond acceptors (Lipinski definition) is 7. The summed E-state index contributed by atoms with van der Waals surface area (Å²) < 4.78 is 0. The lowest BCUT2D eigenvalue weighted by Gasteiger charge is -2.37. The fourth-order valence-electron chi connectivity index (χ4n) is 3.02. The summed E-state index contributed by atoms with van der Waals surface area (Å²) in [7, 11) is 3.74. The van der Waals surface area contributed by atoms with Gasteiger partial charge in [0, 0.05) is 45.8 Å². The Balaban J connectivity index is 1.65. The van der Waals surface area contributed by atoms with E-state index >= 15 is 0 Å². The summed E-state index contributed by atoms with van der Waals surface area (Å²) >= 11 is 0. The van der Waals surface area contributed by atoms with Crippen LogP contribution in [0.3, 0.4) is 0 Å². The van der Waals surface area contributed by atoms with Crippen molar-refractivity contribution in [1.82, 2.24) is 24.8 Å². The number of carbonyl (C=O) groups is 1. The molecule has 1 aliphatic heterocycles. The molecule has 0 saturated carbocycles. The van der Waals surface area contributed by atoms with Gasteiger partial charge in [-0.05, 0) is 19.1 Å². The molecule has 0 spiro atoms. The van der Waals surface area contributed by atoms with E-state index in [1.165, 1.54) is 0 Å². The van der Waals surface area contributed by atoms with Gasteiger partial charge in [0.1, 0.15) is 0 Å². The minimum absolute atomic E-state index is 0.00739. The van der Waals surface area contributed by atoms with Crippen molar-refractivity contribution < 1.29 is 4.79 Å². The molecule has 26 heavy (non-hydrogen) atoms. The summed E-state index contributed by atoms with van der Waals surface area (Å²) in [6, 6.07) is 9.41. The van der Waals surface area contributed by atoms with E-state index in [1.54, 1.807) is 0 Å².